The van der Waals surface area contributed by atoms with Gasteiger partial charge >= 0.3 is 5.97 Å². The van der Waals surface area contributed by atoms with Gasteiger partial charge < -0.3 is 18.5 Å². The van der Waals surface area contributed by atoms with E-state index in [2.05, 4.69) is 86.0 Å². The molecule has 194 valence electrons. The average Bonchev–Trinajstić information content (AvgIpc) is 3.41. The van der Waals surface area contributed by atoms with Gasteiger partial charge in [-0.2, -0.15) is 0 Å². The maximum absolute atomic E-state index is 12.4. The minimum absolute atomic E-state index is 0.126. The van der Waals surface area contributed by atoms with E-state index in [9.17, 15) is 4.79 Å². The largest absolute Gasteiger partial charge is 0.462 e. The van der Waals surface area contributed by atoms with Crippen LogP contribution in [0.15, 0.2) is 66.7 Å². The van der Waals surface area contributed by atoms with Crippen LogP contribution in [0.1, 0.15) is 49.6 Å². The summed E-state index contributed by atoms with van der Waals surface area (Å²) in [6.45, 7) is 10.8. The molecule has 0 spiro atoms. The molecular weight excluding hydrogens is 500 g/mol. The monoisotopic (exact) mass is 534 g/mol. The van der Waals surface area contributed by atoms with Crippen LogP contribution in [0.2, 0.25) is 5.04 Å². The number of carbonyl (C=O) groups excluding carboxylic acids is 1. The maximum Gasteiger partial charge on any atom is 0.348 e. The van der Waals surface area contributed by atoms with Crippen molar-refractivity contribution in [3.05, 3.63) is 77.4 Å². The fraction of sp³-hybridized carbons (Fsp3) is 0.379. The molecule has 0 unspecified atom stereocenters. The molecule has 8 heteroatoms. The van der Waals surface area contributed by atoms with E-state index in [1.807, 2.05) is 13.0 Å². The number of ether oxygens (including phenoxy) is 2. The van der Waals surface area contributed by atoms with E-state index in [-0.39, 0.29) is 17.1 Å². The van der Waals surface area contributed by atoms with Gasteiger partial charge in [-0.1, -0.05) is 81.4 Å². The second kappa shape index (κ2) is 10.5. The Kier molecular flexibility index (Phi) is 7.36. The lowest BCUT2D eigenvalue weighted by atomic mass is 10.2. The topological polar surface area (TPSA) is 62.6 Å². The summed E-state index contributed by atoms with van der Waals surface area (Å²) in [5.41, 5.74) is 0.935. The number of aromatic nitrogens is 2. The van der Waals surface area contributed by atoms with Gasteiger partial charge in [0.15, 0.2) is 0 Å². The molecule has 0 N–H and O–H groups in total. The molecule has 0 radical (unpaired) electrons. The van der Waals surface area contributed by atoms with Crippen LogP contribution in [0, 0.1) is 0 Å². The molecule has 1 aliphatic rings. The van der Waals surface area contributed by atoms with E-state index in [4.69, 9.17) is 18.9 Å². The van der Waals surface area contributed by atoms with E-state index in [0.29, 0.717) is 24.6 Å². The molecule has 3 heterocycles. The fourth-order valence-corrected chi connectivity index (χ4v) is 10.6. The highest BCUT2D eigenvalue weighted by molar-refractivity contribution is 7.20. The van der Waals surface area contributed by atoms with Crippen LogP contribution in [0.5, 0.6) is 0 Å². The van der Waals surface area contributed by atoms with Crippen molar-refractivity contribution >= 4 is 46.3 Å². The average molecular weight is 535 g/mol. The summed E-state index contributed by atoms with van der Waals surface area (Å²) in [6.07, 6.45) is 1.17. The van der Waals surface area contributed by atoms with E-state index in [1.165, 1.54) is 21.7 Å². The van der Waals surface area contributed by atoms with Crippen molar-refractivity contribution in [3.8, 4) is 0 Å². The van der Waals surface area contributed by atoms with Gasteiger partial charge in [0.2, 0.25) is 0 Å². The van der Waals surface area contributed by atoms with Crippen LogP contribution in [0.4, 0.5) is 0 Å². The number of hydrogen-bond acceptors (Lipinski definition) is 6. The molecule has 0 aliphatic carbocycles. The number of benzene rings is 2. The lowest BCUT2D eigenvalue weighted by Gasteiger charge is -2.43. The molecule has 1 saturated heterocycles. The second-order valence-corrected chi connectivity index (χ2v) is 15.7. The molecule has 2 aromatic carbocycles. The van der Waals surface area contributed by atoms with Crippen LogP contribution < -0.4 is 10.4 Å². The Morgan fingerprint density at radius 2 is 1.73 bits per heavy atom. The number of rotatable bonds is 9. The van der Waals surface area contributed by atoms with Crippen molar-refractivity contribution in [1.29, 1.82) is 0 Å². The summed E-state index contributed by atoms with van der Waals surface area (Å²) in [5.74, 6) is 0.558. The van der Waals surface area contributed by atoms with E-state index in [1.54, 1.807) is 0 Å². The summed E-state index contributed by atoms with van der Waals surface area (Å²) in [4.78, 5) is 18.8. The van der Waals surface area contributed by atoms with E-state index >= 15 is 0 Å². The Hall–Kier alpha value is -2.78. The third-order valence-electron chi connectivity index (χ3n) is 7.02. The third-order valence-corrected chi connectivity index (χ3v) is 13.0. The standard InChI is InChI=1S/C29H34N2O4SSi/c1-5-33-28(32)25-18-24-27(36-25)30-26(31(24)19-21-16-17-34-21)20-35-37(29(2,3)4,22-12-8-6-9-13-22)23-14-10-7-11-15-23/h6-15,18,21H,5,16-17,19-20H2,1-4H3/t21-/m0/s1. The predicted molar refractivity (Wildman–Crippen MR) is 150 cm³/mol. The minimum Gasteiger partial charge on any atom is -0.462 e. The lowest BCUT2D eigenvalue weighted by Crippen LogP contribution is -2.66. The fourth-order valence-electron chi connectivity index (χ4n) is 5.15. The highest BCUT2D eigenvalue weighted by Gasteiger charge is 2.50. The van der Waals surface area contributed by atoms with Crippen LogP contribution in [0.3, 0.4) is 0 Å². The second-order valence-electron chi connectivity index (χ2n) is 10.4. The van der Waals surface area contributed by atoms with Crippen molar-refractivity contribution in [2.75, 3.05) is 13.2 Å². The molecule has 37 heavy (non-hydrogen) atoms. The Bertz CT molecular complexity index is 1320. The Balaban J connectivity index is 1.56. The van der Waals surface area contributed by atoms with Gasteiger partial charge in [0.25, 0.3) is 8.32 Å². The number of thiophene rings is 1. The normalized spacial score (nSPS) is 16.1. The van der Waals surface area contributed by atoms with Crippen LogP contribution in [-0.2, 0) is 27.1 Å². The molecule has 5 rings (SSSR count). The van der Waals surface area contributed by atoms with Gasteiger partial charge in [-0.25, -0.2) is 9.78 Å². The van der Waals surface area contributed by atoms with Crippen LogP contribution in [-0.4, -0.2) is 43.2 Å². The molecule has 6 nitrogen and oxygen atoms in total. The van der Waals surface area contributed by atoms with Gasteiger partial charge in [-0.3, -0.25) is 0 Å². The summed E-state index contributed by atoms with van der Waals surface area (Å²) in [7, 11) is -2.71. The van der Waals surface area contributed by atoms with Gasteiger partial charge in [0.1, 0.15) is 15.5 Å². The lowest BCUT2D eigenvalue weighted by molar-refractivity contribution is -0.0592. The zero-order chi connectivity index (χ0) is 26.0. The van der Waals surface area contributed by atoms with Crippen molar-refractivity contribution in [2.24, 2.45) is 0 Å². The molecule has 4 aromatic rings. The molecule has 1 atom stereocenters. The Morgan fingerprint density at radius 3 is 2.24 bits per heavy atom. The van der Waals surface area contributed by atoms with Crippen molar-refractivity contribution in [1.82, 2.24) is 9.55 Å². The van der Waals surface area contributed by atoms with Gasteiger partial charge in [-0.15, -0.1) is 11.3 Å². The highest BCUT2D eigenvalue weighted by Crippen LogP contribution is 2.38. The van der Waals surface area contributed by atoms with Crippen LogP contribution in [0.25, 0.3) is 10.3 Å². The van der Waals surface area contributed by atoms with Crippen molar-refractivity contribution in [3.63, 3.8) is 0 Å². The summed E-state index contributed by atoms with van der Waals surface area (Å²) in [6, 6.07) is 23.2. The zero-order valence-corrected chi connectivity index (χ0v) is 23.7. The van der Waals surface area contributed by atoms with E-state index < -0.39 is 8.32 Å². The third kappa shape index (κ3) is 4.91. The number of esters is 1. The first-order valence-corrected chi connectivity index (χ1v) is 15.6. The molecule has 0 bridgehead atoms. The number of nitrogens with zero attached hydrogens (tertiary/aromatic N) is 2. The first-order valence-electron chi connectivity index (χ1n) is 12.9. The smallest absolute Gasteiger partial charge is 0.348 e. The van der Waals surface area contributed by atoms with Gasteiger partial charge in [-0.05, 0) is 34.8 Å². The number of fused-ring (bicyclic) bond motifs is 1. The first-order chi connectivity index (χ1) is 17.8. The number of hydrogen-bond donors (Lipinski definition) is 0. The molecular formula is C29H34N2O4SSi. The van der Waals surface area contributed by atoms with Gasteiger partial charge in [0.05, 0.1) is 31.4 Å². The quantitative estimate of drug-likeness (QED) is 0.220. The van der Waals surface area contributed by atoms with E-state index in [0.717, 1.165) is 29.2 Å². The molecule has 0 saturated carbocycles. The Morgan fingerprint density at radius 1 is 1.11 bits per heavy atom. The predicted octanol–water partition coefficient (Wildman–Crippen LogP) is 5.14. The van der Waals surface area contributed by atoms with Crippen LogP contribution >= 0.6 is 11.3 Å². The van der Waals surface area contributed by atoms with Crippen molar-refractivity contribution in [2.45, 2.75) is 58.4 Å². The maximum atomic E-state index is 12.4. The molecule has 1 fully saturated rings. The van der Waals surface area contributed by atoms with Crippen molar-refractivity contribution < 1.29 is 18.7 Å². The van der Waals surface area contributed by atoms with Gasteiger partial charge in [0, 0.05) is 6.61 Å². The summed E-state index contributed by atoms with van der Waals surface area (Å²) in [5, 5.41) is 2.35. The SMILES string of the molecule is CCOC(=O)c1cc2c(nc(CO[Si](c3ccccc3)(c3ccccc3)C(C)(C)C)n2C[C@@H]2CCO2)s1. The summed E-state index contributed by atoms with van der Waals surface area (Å²) < 4.78 is 20.3. The molecule has 1 aliphatic heterocycles. The summed E-state index contributed by atoms with van der Waals surface area (Å²) >= 11 is 1.37. The molecule has 0 amide bonds. The number of carbonyl (C=O) groups is 1. The zero-order valence-electron chi connectivity index (χ0n) is 21.9. The number of imidazole rings is 1. The molecule has 2 aromatic heterocycles. The highest BCUT2D eigenvalue weighted by atomic mass is 32.1. The Labute approximate surface area is 223 Å². The minimum atomic E-state index is -2.71. The first kappa shape index (κ1) is 25.8.